The first-order valence-electron chi connectivity index (χ1n) is 11.6. The quantitative estimate of drug-likeness (QED) is 0.699. The Balaban J connectivity index is 1.26. The van der Waals surface area contributed by atoms with Crippen molar-refractivity contribution >= 4 is 17.7 Å². The lowest BCUT2D eigenvalue weighted by molar-refractivity contribution is -0.122. The van der Waals surface area contributed by atoms with Crippen LogP contribution in [0.4, 0.5) is 0 Å². The standard InChI is InChI=1S/C24H33N3O3/c28-21(12-9-17-27-22(29)19-10-3-4-11-20(19)23(27)30)25-18-24(13-5-1-6-14-24)26-15-7-2-8-16-26/h3-4,10-11H,1-2,5-9,12-18H2,(H,25,28). The number of rotatable bonds is 7. The maximum Gasteiger partial charge on any atom is 0.261 e. The Morgan fingerprint density at radius 2 is 1.50 bits per heavy atom. The van der Waals surface area contributed by atoms with Crippen LogP contribution in [0.2, 0.25) is 0 Å². The zero-order valence-electron chi connectivity index (χ0n) is 17.8. The van der Waals surface area contributed by atoms with E-state index in [4.69, 9.17) is 0 Å². The number of carbonyl (C=O) groups excluding carboxylic acids is 3. The van der Waals surface area contributed by atoms with Gasteiger partial charge < -0.3 is 5.32 Å². The van der Waals surface area contributed by atoms with Gasteiger partial charge >= 0.3 is 0 Å². The van der Waals surface area contributed by atoms with E-state index < -0.39 is 0 Å². The number of amides is 3. The van der Waals surface area contributed by atoms with Crippen molar-refractivity contribution in [1.29, 1.82) is 0 Å². The fourth-order valence-corrected chi connectivity index (χ4v) is 5.37. The molecule has 0 atom stereocenters. The SMILES string of the molecule is O=C(CCCN1C(=O)c2ccccc2C1=O)NCC1(N2CCCCC2)CCCCC1. The van der Waals surface area contributed by atoms with E-state index in [1.54, 1.807) is 24.3 Å². The number of fused-ring (bicyclic) bond motifs is 1. The van der Waals surface area contributed by atoms with Crippen molar-refractivity contribution in [3.05, 3.63) is 35.4 Å². The molecule has 0 aromatic heterocycles. The summed E-state index contributed by atoms with van der Waals surface area (Å²) >= 11 is 0. The fraction of sp³-hybridized carbons (Fsp3) is 0.625. The summed E-state index contributed by atoms with van der Waals surface area (Å²) in [6, 6.07) is 6.91. The topological polar surface area (TPSA) is 69.7 Å². The summed E-state index contributed by atoms with van der Waals surface area (Å²) in [5.74, 6) is -0.474. The summed E-state index contributed by atoms with van der Waals surface area (Å²) in [4.78, 5) is 41.3. The van der Waals surface area contributed by atoms with Gasteiger partial charge in [-0.2, -0.15) is 0 Å². The Hall–Kier alpha value is -2.21. The van der Waals surface area contributed by atoms with Gasteiger partial charge in [0.15, 0.2) is 0 Å². The predicted octanol–water partition coefficient (Wildman–Crippen LogP) is 3.37. The molecule has 2 fully saturated rings. The third kappa shape index (κ3) is 4.29. The first-order valence-corrected chi connectivity index (χ1v) is 11.6. The number of nitrogens with zero attached hydrogens (tertiary/aromatic N) is 2. The van der Waals surface area contributed by atoms with E-state index >= 15 is 0 Å². The van der Waals surface area contributed by atoms with Crippen molar-refractivity contribution in [1.82, 2.24) is 15.1 Å². The van der Waals surface area contributed by atoms with Crippen LogP contribution in [0.5, 0.6) is 0 Å². The molecule has 3 aliphatic rings. The molecule has 2 aliphatic heterocycles. The van der Waals surface area contributed by atoms with E-state index in [-0.39, 0.29) is 29.8 Å². The highest BCUT2D eigenvalue weighted by molar-refractivity contribution is 6.21. The summed E-state index contributed by atoms with van der Waals surface area (Å²) in [5, 5.41) is 3.19. The van der Waals surface area contributed by atoms with E-state index in [0.717, 1.165) is 19.6 Å². The van der Waals surface area contributed by atoms with E-state index in [9.17, 15) is 14.4 Å². The highest BCUT2D eigenvalue weighted by Gasteiger charge is 2.38. The number of hydrogen-bond donors (Lipinski definition) is 1. The van der Waals surface area contributed by atoms with Crippen LogP contribution in [0, 0.1) is 0 Å². The van der Waals surface area contributed by atoms with Crippen LogP contribution in [0.15, 0.2) is 24.3 Å². The minimum Gasteiger partial charge on any atom is -0.354 e. The number of nitrogens with one attached hydrogen (secondary N) is 1. The largest absolute Gasteiger partial charge is 0.354 e. The minimum absolute atomic E-state index is 0.0218. The molecule has 30 heavy (non-hydrogen) atoms. The van der Waals surface area contributed by atoms with E-state index in [1.165, 1.54) is 56.3 Å². The normalized spacial score (nSPS) is 21.5. The van der Waals surface area contributed by atoms with Gasteiger partial charge in [-0.15, -0.1) is 0 Å². The Bertz CT molecular complexity index is 760. The monoisotopic (exact) mass is 411 g/mol. The molecule has 3 amide bonds. The maximum atomic E-state index is 12.5. The van der Waals surface area contributed by atoms with Gasteiger partial charge in [0.1, 0.15) is 0 Å². The van der Waals surface area contributed by atoms with Gasteiger partial charge in [0.25, 0.3) is 11.8 Å². The molecular formula is C24H33N3O3. The van der Waals surface area contributed by atoms with Crippen LogP contribution in [0.3, 0.4) is 0 Å². The number of benzene rings is 1. The summed E-state index contributed by atoms with van der Waals surface area (Å²) in [5.41, 5.74) is 1.05. The molecule has 2 heterocycles. The van der Waals surface area contributed by atoms with E-state index in [1.807, 2.05) is 0 Å². The average Bonchev–Trinajstić information content (AvgIpc) is 3.04. The fourth-order valence-electron chi connectivity index (χ4n) is 5.37. The molecule has 1 aromatic rings. The van der Waals surface area contributed by atoms with Gasteiger partial charge in [0, 0.05) is 25.0 Å². The molecule has 0 bridgehead atoms. The average molecular weight is 412 g/mol. The highest BCUT2D eigenvalue weighted by atomic mass is 16.2. The summed E-state index contributed by atoms with van der Waals surface area (Å²) < 4.78 is 0. The van der Waals surface area contributed by atoms with Gasteiger partial charge in [0.2, 0.25) is 5.91 Å². The molecule has 4 rings (SSSR count). The first-order chi connectivity index (χ1) is 14.6. The molecule has 1 saturated carbocycles. The van der Waals surface area contributed by atoms with Crippen LogP contribution in [-0.2, 0) is 4.79 Å². The Kier molecular flexibility index (Phi) is 6.52. The molecular weight excluding hydrogens is 378 g/mol. The van der Waals surface area contributed by atoms with Gasteiger partial charge in [-0.1, -0.05) is 37.8 Å². The smallest absolute Gasteiger partial charge is 0.261 e. The molecule has 162 valence electrons. The van der Waals surface area contributed by atoms with Crippen molar-refractivity contribution < 1.29 is 14.4 Å². The van der Waals surface area contributed by atoms with Gasteiger partial charge in [0.05, 0.1) is 11.1 Å². The summed E-state index contributed by atoms with van der Waals surface area (Å²) in [6.45, 7) is 3.31. The highest BCUT2D eigenvalue weighted by Crippen LogP contribution is 2.35. The molecule has 1 N–H and O–H groups in total. The molecule has 1 aromatic carbocycles. The second-order valence-electron chi connectivity index (χ2n) is 9.02. The molecule has 6 heteroatoms. The Morgan fingerprint density at radius 1 is 0.900 bits per heavy atom. The van der Waals surface area contributed by atoms with Crippen molar-refractivity contribution in [2.24, 2.45) is 0 Å². The summed E-state index contributed by atoms with van der Waals surface area (Å²) in [6.07, 6.45) is 10.8. The zero-order chi connectivity index (χ0) is 21.0. The van der Waals surface area contributed by atoms with Crippen molar-refractivity contribution in [3.8, 4) is 0 Å². The minimum atomic E-state index is -0.248. The second-order valence-corrected chi connectivity index (χ2v) is 9.02. The first kappa shape index (κ1) is 21.0. The van der Waals surface area contributed by atoms with Crippen molar-refractivity contribution in [2.75, 3.05) is 26.2 Å². The number of likely N-dealkylation sites (tertiary alicyclic amines) is 1. The number of imide groups is 1. The van der Waals surface area contributed by atoms with Gasteiger partial charge in [-0.3, -0.25) is 24.2 Å². The lowest BCUT2D eigenvalue weighted by atomic mass is 9.79. The third-order valence-corrected chi connectivity index (χ3v) is 7.09. The van der Waals surface area contributed by atoms with E-state index in [0.29, 0.717) is 24.0 Å². The van der Waals surface area contributed by atoms with Crippen LogP contribution >= 0.6 is 0 Å². The Labute approximate surface area is 179 Å². The van der Waals surface area contributed by atoms with E-state index in [2.05, 4.69) is 10.2 Å². The van der Waals surface area contributed by atoms with Crippen molar-refractivity contribution in [3.63, 3.8) is 0 Å². The van der Waals surface area contributed by atoms with Crippen LogP contribution in [-0.4, -0.2) is 59.2 Å². The molecule has 0 radical (unpaired) electrons. The predicted molar refractivity (Wildman–Crippen MR) is 115 cm³/mol. The van der Waals surface area contributed by atoms with Crippen LogP contribution in [0.1, 0.15) is 84.9 Å². The van der Waals surface area contributed by atoms with Gasteiger partial charge in [-0.05, 0) is 57.3 Å². The molecule has 0 spiro atoms. The third-order valence-electron chi connectivity index (χ3n) is 7.09. The Morgan fingerprint density at radius 3 is 2.13 bits per heavy atom. The van der Waals surface area contributed by atoms with Crippen LogP contribution < -0.4 is 5.32 Å². The second kappa shape index (κ2) is 9.29. The summed E-state index contributed by atoms with van der Waals surface area (Å²) in [7, 11) is 0. The maximum absolute atomic E-state index is 12.5. The number of piperidine rings is 1. The lowest BCUT2D eigenvalue weighted by Crippen LogP contribution is -2.58. The van der Waals surface area contributed by atoms with Crippen molar-refractivity contribution in [2.45, 2.75) is 69.7 Å². The number of carbonyl (C=O) groups is 3. The van der Waals surface area contributed by atoms with Crippen LogP contribution in [0.25, 0.3) is 0 Å². The van der Waals surface area contributed by atoms with Gasteiger partial charge in [-0.25, -0.2) is 0 Å². The molecule has 0 unspecified atom stereocenters. The number of hydrogen-bond acceptors (Lipinski definition) is 4. The zero-order valence-corrected chi connectivity index (χ0v) is 17.8. The molecule has 6 nitrogen and oxygen atoms in total. The molecule has 1 saturated heterocycles. The lowest BCUT2D eigenvalue weighted by Gasteiger charge is -2.48. The molecule has 1 aliphatic carbocycles.